The van der Waals surface area contributed by atoms with Gasteiger partial charge in [0.15, 0.2) is 0 Å². The molecule has 98 valence electrons. The van der Waals surface area contributed by atoms with Gasteiger partial charge < -0.3 is 15.5 Å². The number of nitrogens with one attached hydrogen (secondary N) is 1. The van der Waals surface area contributed by atoms with Gasteiger partial charge in [-0.25, -0.2) is 0 Å². The summed E-state index contributed by atoms with van der Waals surface area (Å²) in [7, 11) is 0. The topological polar surface area (TPSA) is 82.5 Å². The fourth-order valence-corrected chi connectivity index (χ4v) is 1.77. The van der Waals surface area contributed by atoms with E-state index in [0.29, 0.717) is 21.3 Å². The number of aromatic hydroxyl groups is 1. The molecule has 0 fully saturated rings. The van der Waals surface area contributed by atoms with Crippen molar-refractivity contribution in [2.45, 2.75) is 6.61 Å². The van der Waals surface area contributed by atoms with E-state index in [1.54, 1.807) is 18.2 Å². The molecule has 1 heterocycles. The van der Waals surface area contributed by atoms with Gasteiger partial charge in [0.1, 0.15) is 5.75 Å². The molecule has 0 unspecified atom stereocenters. The van der Waals surface area contributed by atoms with E-state index in [1.165, 1.54) is 18.5 Å². The number of rotatable bonds is 3. The van der Waals surface area contributed by atoms with Gasteiger partial charge in [-0.05, 0) is 40.2 Å². The molecular formula is C13H11BrN2O3. The number of aliphatic hydroxyl groups excluding tert-OH is 1. The minimum atomic E-state index is -0.384. The predicted molar refractivity (Wildman–Crippen MR) is 73.9 cm³/mol. The van der Waals surface area contributed by atoms with Crippen LogP contribution in [0.5, 0.6) is 5.75 Å². The summed E-state index contributed by atoms with van der Waals surface area (Å²) in [6, 6.07) is 6.14. The molecular weight excluding hydrogens is 312 g/mol. The van der Waals surface area contributed by atoms with Gasteiger partial charge in [-0.15, -0.1) is 0 Å². The smallest absolute Gasteiger partial charge is 0.255 e. The Hall–Kier alpha value is -1.92. The van der Waals surface area contributed by atoms with Crippen molar-refractivity contribution in [1.29, 1.82) is 0 Å². The van der Waals surface area contributed by atoms with Crippen LogP contribution >= 0.6 is 15.9 Å². The molecule has 0 aliphatic rings. The number of anilines is 1. The molecule has 2 rings (SSSR count). The quantitative estimate of drug-likeness (QED) is 0.809. The average Bonchev–Trinajstić information content (AvgIpc) is 2.42. The number of benzene rings is 1. The van der Waals surface area contributed by atoms with Gasteiger partial charge >= 0.3 is 0 Å². The third kappa shape index (κ3) is 3.10. The predicted octanol–water partition coefficient (Wildman–Crippen LogP) is 2.29. The molecule has 0 atom stereocenters. The zero-order chi connectivity index (χ0) is 13.8. The zero-order valence-electron chi connectivity index (χ0n) is 9.80. The minimum absolute atomic E-state index is 0.0128. The third-order valence-corrected chi connectivity index (χ3v) is 3.21. The summed E-state index contributed by atoms with van der Waals surface area (Å²) in [6.45, 7) is -0.191. The summed E-state index contributed by atoms with van der Waals surface area (Å²) in [5, 5.41) is 21.3. The fraction of sp³-hybridized carbons (Fsp3) is 0.0769. The van der Waals surface area contributed by atoms with Crippen LogP contribution in [0.3, 0.4) is 0 Å². The summed E-state index contributed by atoms with van der Waals surface area (Å²) in [4.78, 5) is 15.9. The van der Waals surface area contributed by atoms with E-state index in [-0.39, 0.29) is 18.3 Å². The van der Waals surface area contributed by atoms with E-state index in [9.17, 15) is 9.90 Å². The van der Waals surface area contributed by atoms with Crippen LogP contribution in [0.2, 0.25) is 0 Å². The zero-order valence-corrected chi connectivity index (χ0v) is 11.4. The fourth-order valence-electron chi connectivity index (χ4n) is 1.52. The number of nitrogens with zero attached hydrogens (tertiary/aromatic N) is 1. The number of amides is 1. The SMILES string of the molecule is O=C(Nc1cnccc1CO)c1ccc(Br)c(O)c1. The Labute approximate surface area is 118 Å². The van der Waals surface area contributed by atoms with Gasteiger partial charge in [-0.3, -0.25) is 9.78 Å². The third-order valence-electron chi connectivity index (χ3n) is 2.54. The van der Waals surface area contributed by atoms with Crippen LogP contribution in [0.4, 0.5) is 5.69 Å². The number of carbonyl (C=O) groups excluding carboxylic acids is 1. The summed E-state index contributed by atoms with van der Waals surface area (Å²) < 4.78 is 0.515. The number of hydrogen-bond donors (Lipinski definition) is 3. The second-order valence-electron chi connectivity index (χ2n) is 3.81. The van der Waals surface area contributed by atoms with Gasteiger partial charge in [0.25, 0.3) is 5.91 Å². The maximum Gasteiger partial charge on any atom is 0.255 e. The Morgan fingerprint density at radius 3 is 2.84 bits per heavy atom. The number of hydrogen-bond acceptors (Lipinski definition) is 4. The first-order valence-corrected chi connectivity index (χ1v) is 6.24. The van der Waals surface area contributed by atoms with Crippen molar-refractivity contribution in [3.05, 3.63) is 52.3 Å². The van der Waals surface area contributed by atoms with Crippen LogP contribution in [0.15, 0.2) is 41.1 Å². The number of aliphatic hydroxyl groups is 1. The molecule has 1 aromatic carbocycles. The van der Waals surface area contributed by atoms with Crippen LogP contribution in [-0.2, 0) is 6.61 Å². The number of aromatic nitrogens is 1. The lowest BCUT2D eigenvalue weighted by molar-refractivity contribution is 0.102. The van der Waals surface area contributed by atoms with Gasteiger partial charge in [0.2, 0.25) is 0 Å². The molecule has 19 heavy (non-hydrogen) atoms. The van der Waals surface area contributed by atoms with Crippen LogP contribution in [0.25, 0.3) is 0 Å². The molecule has 0 saturated carbocycles. The monoisotopic (exact) mass is 322 g/mol. The van der Waals surface area contributed by atoms with Gasteiger partial charge in [0.05, 0.1) is 23.0 Å². The maximum atomic E-state index is 12.0. The summed E-state index contributed by atoms with van der Waals surface area (Å²) in [5.41, 5.74) is 1.33. The van der Waals surface area contributed by atoms with Crippen molar-refractivity contribution in [3.8, 4) is 5.75 Å². The second kappa shape index (κ2) is 5.81. The Kier molecular flexibility index (Phi) is 4.13. The summed E-state index contributed by atoms with van der Waals surface area (Å²) >= 11 is 3.14. The number of pyridine rings is 1. The van der Waals surface area contributed by atoms with Crippen LogP contribution in [-0.4, -0.2) is 21.1 Å². The molecule has 1 aromatic heterocycles. The van der Waals surface area contributed by atoms with Gasteiger partial charge in [-0.1, -0.05) is 0 Å². The van der Waals surface area contributed by atoms with E-state index in [0.717, 1.165) is 0 Å². The van der Waals surface area contributed by atoms with Crippen LogP contribution in [0.1, 0.15) is 15.9 Å². The second-order valence-corrected chi connectivity index (χ2v) is 4.67. The molecule has 0 bridgehead atoms. The average molecular weight is 323 g/mol. The normalized spacial score (nSPS) is 10.2. The minimum Gasteiger partial charge on any atom is -0.507 e. The highest BCUT2D eigenvalue weighted by atomic mass is 79.9. The summed E-state index contributed by atoms with van der Waals surface area (Å²) in [6.07, 6.45) is 2.99. The lowest BCUT2D eigenvalue weighted by atomic mass is 10.2. The standard InChI is InChI=1S/C13H11BrN2O3/c14-10-2-1-8(5-12(10)18)13(19)16-11-6-15-4-3-9(11)7-17/h1-6,17-18H,7H2,(H,16,19). The molecule has 0 aliphatic carbocycles. The van der Waals surface area contributed by atoms with Crippen LogP contribution in [0, 0.1) is 0 Å². The van der Waals surface area contributed by atoms with E-state index in [2.05, 4.69) is 26.2 Å². The highest BCUT2D eigenvalue weighted by Gasteiger charge is 2.10. The van der Waals surface area contributed by atoms with E-state index >= 15 is 0 Å². The Morgan fingerprint density at radius 2 is 2.16 bits per heavy atom. The molecule has 6 heteroatoms. The van der Waals surface area contributed by atoms with Gasteiger partial charge in [-0.2, -0.15) is 0 Å². The van der Waals surface area contributed by atoms with E-state index in [1.807, 2.05) is 0 Å². The van der Waals surface area contributed by atoms with Crippen molar-refractivity contribution in [3.63, 3.8) is 0 Å². The lowest BCUT2D eigenvalue weighted by Gasteiger charge is -2.09. The van der Waals surface area contributed by atoms with Crippen molar-refractivity contribution in [2.24, 2.45) is 0 Å². The van der Waals surface area contributed by atoms with Crippen LogP contribution < -0.4 is 5.32 Å². The maximum absolute atomic E-state index is 12.0. The summed E-state index contributed by atoms with van der Waals surface area (Å²) in [5.74, 6) is -0.397. The molecule has 0 radical (unpaired) electrons. The Bertz CT molecular complexity index is 617. The van der Waals surface area contributed by atoms with Crippen molar-refractivity contribution in [1.82, 2.24) is 4.98 Å². The highest BCUT2D eigenvalue weighted by Crippen LogP contribution is 2.25. The van der Waals surface area contributed by atoms with E-state index < -0.39 is 0 Å². The first kappa shape index (κ1) is 13.5. The molecule has 3 N–H and O–H groups in total. The molecule has 0 aliphatic heterocycles. The first-order valence-electron chi connectivity index (χ1n) is 5.45. The van der Waals surface area contributed by atoms with Crippen molar-refractivity contribution < 1.29 is 15.0 Å². The Morgan fingerprint density at radius 1 is 1.37 bits per heavy atom. The number of carbonyl (C=O) groups is 1. The highest BCUT2D eigenvalue weighted by molar-refractivity contribution is 9.10. The molecule has 2 aromatic rings. The molecule has 5 nitrogen and oxygen atoms in total. The number of phenols is 1. The molecule has 0 saturated heterocycles. The number of halogens is 1. The largest absolute Gasteiger partial charge is 0.507 e. The first-order chi connectivity index (χ1) is 9.11. The van der Waals surface area contributed by atoms with Gasteiger partial charge in [0, 0.05) is 17.3 Å². The van der Waals surface area contributed by atoms with Crippen molar-refractivity contribution in [2.75, 3.05) is 5.32 Å². The number of phenolic OH excluding ortho intramolecular Hbond substituents is 1. The molecule has 0 spiro atoms. The Balaban J connectivity index is 2.23. The van der Waals surface area contributed by atoms with E-state index in [4.69, 9.17) is 5.11 Å². The molecule has 1 amide bonds. The van der Waals surface area contributed by atoms with Crippen molar-refractivity contribution >= 4 is 27.5 Å². The lowest BCUT2D eigenvalue weighted by Crippen LogP contribution is -2.13.